The van der Waals surface area contributed by atoms with Crippen LogP contribution in [0.25, 0.3) is 11.5 Å². The van der Waals surface area contributed by atoms with E-state index in [9.17, 15) is 0 Å². The fourth-order valence-corrected chi connectivity index (χ4v) is 10.3. The molecule has 0 aliphatic carbocycles. The molecule has 5 aromatic rings. The van der Waals surface area contributed by atoms with E-state index in [-0.39, 0.29) is 0 Å². The van der Waals surface area contributed by atoms with Gasteiger partial charge in [0.15, 0.2) is 0 Å². The summed E-state index contributed by atoms with van der Waals surface area (Å²) in [6.07, 6.45) is 0. The molecule has 0 radical (unpaired) electrons. The molecule has 0 saturated heterocycles. The van der Waals surface area contributed by atoms with Crippen molar-refractivity contribution in [1.29, 1.82) is 0 Å². The SMILES string of the molecule is c1ccc(O[P-]234(OC(c5ccccc5)=C(c5ccccc5)N2c2ccccc2O3)Oc2ccccc2O4)cc1. The van der Waals surface area contributed by atoms with Gasteiger partial charge in [-0.15, -0.1) is 0 Å². The Kier molecular flexibility index (Phi) is 4.16. The van der Waals surface area contributed by atoms with Crippen LogP contribution < -0.4 is 22.8 Å². The number of rotatable bonds is 4. The summed E-state index contributed by atoms with van der Waals surface area (Å²) in [5.41, 5.74) is 3.14. The van der Waals surface area contributed by atoms with Crippen LogP contribution in [0.4, 0.5) is 5.69 Å². The van der Waals surface area contributed by atoms with Crippen molar-refractivity contribution >= 4 is 24.4 Å². The number of benzene rings is 5. The van der Waals surface area contributed by atoms with Crippen LogP contribution in [-0.4, -0.2) is 0 Å². The zero-order chi connectivity index (χ0) is 26.0. The van der Waals surface area contributed by atoms with Crippen molar-refractivity contribution in [3.8, 4) is 23.0 Å². The maximum atomic E-state index is 7.18. The number of nitrogens with zero attached hydrogens (tertiary/aromatic N) is 1. The third kappa shape index (κ3) is 2.84. The molecule has 0 atom stereocenters. The molecular weight excluding hydrogens is 509 g/mol. The number of hydrogen-bond acceptors (Lipinski definition) is 6. The molecule has 192 valence electrons. The fraction of sp³-hybridized carbons (Fsp3) is 0. The minimum absolute atomic E-state index is 0.462. The molecule has 6 nitrogen and oxygen atoms in total. The Hall–Kier alpha value is -4.93. The number of anilines is 1. The van der Waals surface area contributed by atoms with Crippen LogP contribution in [0.1, 0.15) is 11.1 Å². The van der Waals surface area contributed by atoms with Gasteiger partial charge in [0.1, 0.15) is 0 Å². The molecule has 7 heteroatoms. The van der Waals surface area contributed by atoms with Gasteiger partial charge < -0.3 is 0 Å². The first-order valence-corrected chi connectivity index (χ1v) is 14.9. The van der Waals surface area contributed by atoms with Crippen molar-refractivity contribution in [3.63, 3.8) is 0 Å². The van der Waals surface area contributed by atoms with Crippen LogP contribution in [-0.2, 0) is 4.52 Å². The second-order valence-corrected chi connectivity index (χ2v) is 13.2. The summed E-state index contributed by atoms with van der Waals surface area (Å²) in [7, 11) is -5.95. The van der Waals surface area contributed by atoms with Crippen LogP contribution >= 0.6 is 7.23 Å². The normalized spacial score (nSPS) is 19.9. The van der Waals surface area contributed by atoms with E-state index in [1.165, 1.54) is 0 Å². The number of hydrogen-bond donors (Lipinski definition) is 0. The molecule has 0 fully saturated rings. The molecule has 3 heterocycles. The molecule has 0 bridgehead atoms. The third-order valence-corrected chi connectivity index (χ3v) is 11.2. The van der Waals surface area contributed by atoms with Crippen LogP contribution in [0.15, 0.2) is 140 Å². The van der Waals surface area contributed by atoms with Crippen molar-refractivity contribution in [1.82, 2.24) is 0 Å². The van der Waals surface area contributed by atoms with E-state index in [1.807, 2.05) is 144 Å². The Labute approximate surface area is 225 Å². The van der Waals surface area contributed by atoms with Gasteiger partial charge in [0.25, 0.3) is 0 Å². The van der Waals surface area contributed by atoms with Crippen LogP contribution in [0, 0.1) is 0 Å². The Bertz CT molecular complexity index is 1760. The van der Waals surface area contributed by atoms with Crippen LogP contribution in [0.5, 0.6) is 23.0 Å². The zero-order valence-corrected chi connectivity index (χ0v) is 21.6. The first-order chi connectivity index (χ1) is 19.1. The summed E-state index contributed by atoms with van der Waals surface area (Å²) in [5.74, 6) is 2.44. The number of fused-ring (bicyclic) bond motifs is 3. The second-order valence-electron chi connectivity index (χ2n) is 9.56. The maximum absolute atomic E-state index is 7.18. The molecule has 1 spiro atoms. The van der Waals surface area contributed by atoms with Gasteiger partial charge in [-0.2, -0.15) is 0 Å². The fourth-order valence-electron chi connectivity index (χ4n) is 5.52. The minimum atomic E-state index is -5.95. The van der Waals surface area contributed by atoms with E-state index in [2.05, 4.69) is 0 Å². The Balaban J connectivity index is 1.51. The number of para-hydroxylation sites is 5. The molecule has 0 saturated carbocycles. The van der Waals surface area contributed by atoms with E-state index in [1.54, 1.807) is 0 Å². The molecule has 5 aromatic carbocycles. The van der Waals surface area contributed by atoms with E-state index in [4.69, 9.17) is 22.6 Å². The van der Waals surface area contributed by atoms with E-state index < -0.39 is 7.23 Å². The van der Waals surface area contributed by atoms with Crippen LogP contribution in [0.3, 0.4) is 0 Å². The van der Waals surface area contributed by atoms with Crippen molar-refractivity contribution in [3.05, 3.63) is 151 Å². The molecule has 0 unspecified atom stereocenters. The third-order valence-electron chi connectivity index (χ3n) is 7.05. The Morgan fingerprint density at radius 3 is 1.59 bits per heavy atom. The molecule has 3 aliphatic heterocycles. The molecular formula is C32H23NO5P-. The van der Waals surface area contributed by atoms with Gasteiger partial charge in [-0.3, -0.25) is 0 Å². The van der Waals surface area contributed by atoms with Crippen molar-refractivity contribution < 1.29 is 22.6 Å². The molecule has 0 aromatic heterocycles. The summed E-state index contributed by atoms with van der Waals surface area (Å²) in [4.78, 5) is 0. The zero-order valence-electron chi connectivity index (χ0n) is 20.7. The average Bonchev–Trinajstić information content (AvgIpc) is 3.52. The molecule has 8 rings (SSSR count). The van der Waals surface area contributed by atoms with Gasteiger partial charge in [0.2, 0.25) is 0 Å². The Morgan fingerprint density at radius 1 is 0.462 bits per heavy atom. The quantitative estimate of drug-likeness (QED) is 0.216. The predicted molar refractivity (Wildman–Crippen MR) is 152 cm³/mol. The summed E-state index contributed by atoms with van der Waals surface area (Å²) < 4.78 is 37.0. The molecule has 0 N–H and O–H groups in total. The van der Waals surface area contributed by atoms with Gasteiger partial charge in [0, 0.05) is 0 Å². The average molecular weight is 533 g/mol. The van der Waals surface area contributed by atoms with E-state index in [0.717, 1.165) is 11.1 Å². The summed E-state index contributed by atoms with van der Waals surface area (Å²) >= 11 is 0. The van der Waals surface area contributed by atoms with E-state index in [0.29, 0.717) is 40.1 Å². The van der Waals surface area contributed by atoms with Crippen molar-refractivity contribution in [2.24, 2.45) is 0 Å². The molecule has 3 aliphatic rings. The second kappa shape index (κ2) is 7.34. The van der Waals surface area contributed by atoms with Crippen molar-refractivity contribution in [2.45, 2.75) is 0 Å². The molecule has 0 amide bonds. The van der Waals surface area contributed by atoms with Gasteiger partial charge in [-0.1, -0.05) is 0 Å². The summed E-state index contributed by atoms with van der Waals surface area (Å²) in [6.45, 7) is 0. The first-order valence-electron chi connectivity index (χ1n) is 12.7. The van der Waals surface area contributed by atoms with E-state index >= 15 is 0 Å². The van der Waals surface area contributed by atoms with Gasteiger partial charge in [-0.05, 0) is 0 Å². The Morgan fingerprint density at radius 2 is 0.949 bits per heavy atom. The topological polar surface area (TPSA) is 49.4 Å². The van der Waals surface area contributed by atoms with Gasteiger partial charge >= 0.3 is 225 Å². The van der Waals surface area contributed by atoms with Gasteiger partial charge in [0.05, 0.1) is 0 Å². The van der Waals surface area contributed by atoms with Gasteiger partial charge in [-0.25, -0.2) is 0 Å². The monoisotopic (exact) mass is 532 g/mol. The summed E-state index contributed by atoms with van der Waals surface area (Å²) in [5, 5.41) is 0. The summed E-state index contributed by atoms with van der Waals surface area (Å²) in [6, 6.07) is 44.4. The molecule has 39 heavy (non-hydrogen) atoms. The predicted octanol–water partition coefficient (Wildman–Crippen LogP) is 8.57. The van der Waals surface area contributed by atoms with Crippen molar-refractivity contribution in [2.75, 3.05) is 4.67 Å². The standard InChI is InChI=1S/C32H23NO5P/c1-4-14-24(15-5-1)31-32(25-16-6-2-7-17-25)38-39(34-26-18-8-3-9-19-26,36-29-22-12-13-23-30(29)37-39)33(31)27-20-10-11-21-28(27)35-39/h1-23H/q-1. The van der Waals surface area contributed by atoms with Crippen LogP contribution in [0.2, 0.25) is 0 Å². The first kappa shape index (κ1) is 22.1.